The Morgan fingerprint density at radius 1 is 1.06 bits per heavy atom. The Morgan fingerprint density at radius 3 is 2.61 bits per heavy atom. The number of carbonyl (C=O) groups is 1. The fourth-order valence-corrected chi connectivity index (χ4v) is 4.76. The number of methoxy groups -OCH3 is 2. The molecule has 1 aromatic heterocycles. The molecule has 0 spiro atoms. The maximum atomic E-state index is 13.0. The fraction of sp³-hybridized carbons (Fsp3) is 0.227. The van der Waals surface area contributed by atoms with Gasteiger partial charge in [0.1, 0.15) is 16.4 Å². The Balaban J connectivity index is 1.57. The zero-order valence-electron chi connectivity index (χ0n) is 17.1. The lowest BCUT2D eigenvalue weighted by Gasteiger charge is -2.28. The van der Waals surface area contributed by atoms with Crippen LogP contribution in [-0.2, 0) is 23.0 Å². The van der Waals surface area contributed by atoms with E-state index in [1.807, 2.05) is 6.07 Å². The van der Waals surface area contributed by atoms with Crippen molar-refractivity contribution in [1.29, 1.82) is 0 Å². The third-order valence-electron chi connectivity index (χ3n) is 5.15. The highest BCUT2D eigenvalue weighted by Crippen LogP contribution is 2.31. The molecule has 1 aliphatic heterocycles. The molecule has 2 aromatic carbocycles. The van der Waals surface area contributed by atoms with Crippen molar-refractivity contribution < 1.29 is 27.1 Å². The van der Waals surface area contributed by atoms with Gasteiger partial charge in [0.05, 0.1) is 20.5 Å². The molecule has 0 atom stereocenters. The molecule has 162 valence electrons. The zero-order chi connectivity index (χ0) is 22.0. The number of ether oxygens (including phenoxy) is 2. The van der Waals surface area contributed by atoms with Crippen LogP contribution in [0.1, 0.15) is 21.7 Å². The van der Waals surface area contributed by atoms with Gasteiger partial charge in [-0.3, -0.25) is 9.52 Å². The van der Waals surface area contributed by atoms with Crippen molar-refractivity contribution in [3.63, 3.8) is 0 Å². The molecule has 0 saturated heterocycles. The predicted octanol–water partition coefficient (Wildman–Crippen LogP) is 3.30. The first-order valence-corrected chi connectivity index (χ1v) is 11.1. The summed E-state index contributed by atoms with van der Waals surface area (Å²) in [6, 6.07) is 13.2. The fourth-order valence-electron chi connectivity index (χ4n) is 3.56. The number of fused-ring (bicyclic) bond motifs is 1. The molecule has 0 fully saturated rings. The molecule has 4 rings (SSSR count). The van der Waals surface area contributed by atoms with Gasteiger partial charge in [-0.15, -0.1) is 0 Å². The number of hydrogen-bond acceptors (Lipinski definition) is 6. The van der Waals surface area contributed by atoms with Crippen molar-refractivity contribution in [3.05, 3.63) is 71.7 Å². The molecule has 0 bridgehead atoms. The minimum absolute atomic E-state index is 0.00291. The van der Waals surface area contributed by atoms with E-state index in [1.165, 1.54) is 32.6 Å². The van der Waals surface area contributed by atoms with Crippen molar-refractivity contribution in [3.8, 4) is 11.5 Å². The lowest BCUT2D eigenvalue weighted by molar-refractivity contribution is 0.0702. The van der Waals surface area contributed by atoms with Gasteiger partial charge in [0, 0.05) is 24.8 Å². The Labute approximate surface area is 180 Å². The van der Waals surface area contributed by atoms with Crippen LogP contribution >= 0.6 is 0 Å². The van der Waals surface area contributed by atoms with Crippen LogP contribution in [0.3, 0.4) is 0 Å². The van der Waals surface area contributed by atoms with Crippen LogP contribution in [-0.4, -0.2) is 40.0 Å². The standard InChI is InChI=1S/C22H22N2O6S/c1-28-18-7-8-21(20(13-18)29-2)31(26,27)23-17-6-5-15-9-10-24(14-16(15)12-17)22(25)19-4-3-11-30-19/h3-8,11-13,23H,9-10,14H2,1-2H3. The number of anilines is 1. The maximum Gasteiger partial charge on any atom is 0.289 e. The van der Waals surface area contributed by atoms with Gasteiger partial charge in [0.2, 0.25) is 0 Å². The molecule has 3 aromatic rings. The van der Waals surface area contributed by atoms with Gasteiger partial charge in [-0.2, -0.15) is 0 Å². The molecule has 0 aliphatic carbocycles. The SMILES string of the molecule is COc1ccc(S(=O)(=O)Nc2ccc3c(c2)CN(C(=O)c2ccco2)CC3)c(OC)c1. The molecule has 0 radical (unpaired) electrons. The molecule has 1 aliphatic rings. The van der Waals surface area contributed by atoms with Crippen molar-refractivity contribution in [2.75, 3.05) is 25.5 Å². The zero-order valence-corrected chi connectivity index (χ0v) is 17.9. The third kappa shape index (κ3) is 4.22. The van der Waals surface area contributed by atoms with Gasteiger partial charge in [-0.05, 0) is 53.9 Å². The summed E-state index contributed by atoms with van der Waals surface area (Å²) in [5, 5.41) is 0. The lowest BCUT2D eigenvalue weighted by atomic mass is 9.99. The molecule has 1 N–H and O–H groups in total. The summed E-state index contributed by atoms with van der Waals surface area (Å²) in [6.07, 6.45) is 2.15. The molecule has 0 unspecified atom stereocenters. The van der Waals surface area contributed by atoms with Crippen LogP contribution in [0.2, 0.25) is 0 Å². The first kappa shape index (κ1) is 20.8. The lowest BCUT2D eigenvalue weighted by Crippen LogP contribution is -2.35. The van der Waals surface area contributed by atoms with Gasteiger partial charge in [-0.1, -0.05) is 6.07 Å². The second-order valence-corrected chi connectivity index (χ2v) is 8.71. The van der Waals surface area contributed by atoms with E-state index in [1.54, 1.807) is 35.2 Å². The summed E-state index contributed by atoms with van der Waals surface area (Å²) in [7, 11) is -1.00. The molecule has 2 heterocycles. The van der Waals surface area contributed by atoms with E-state index >= 15 is 0 Å². The van der Waals surface area contributed by atoms with E-state index in [9.17, 15) is 13.2 Å². The maximum absolute atomic E-state index is 13.0. The molecule has 0 saturated carbocycles. The number of nitrogens with zero attached hydrogens (tertiary/aromatic N) is 1. The first-order chi connectivity index (χ1) is 14.9. The molecule has 1 amide bonds. The van der Waals surface area contributed by atoms with Crippen LogP contribution < -0.4 is 14.2 Å². The van der Waals surface area contributed by atoms with Crippen molar-refractivity contribution >= 4 is 21.6 Å². The summed E-state index contributed by atoms with van der Waals surface area (Å²) in [6.45, 7) is 0.941. The Kier molecular flexibility index (Phi) is 5.60. The van der Waals surface area contributed by atoms with E-state index < -0.39 is 10.0 Å². The largest absolute Gasteiger partial charge is 0.497 e. The smallest absolute Gasteiger partial charge is 0.289 e. The van der Waals surface area contributed by atoms with E-state index in [2.05, 4.69) is 4.72 Å². The van der Waals surface area contributed by atoms with E-state index in [4.69, 9.17) is 13.9 Å². The predicted molar refractivity (Wildman–Crippen MR) is 114 cm³/mol. The highest BCUT2D eigenvalue weighted by atomic mass is 32.2. The molecule has 31 heavy (non-hydrogen) atoms. The third-order valence-corrected chi connectivity index (χ3v) is 6.57. The highest BCUT2D eigenvalue weighted by molar-refractivity contribution is 7.92. The monoisotopic (exact) mass is 442 g/mol. The number of benzene rings is 2. The van der Waals surface area contributed by atoms with Crippen LogP contribution in [0.4, 0.5) is 5.69 Å². The van der Waals surface area contributed by atoms with Gasteiger partial charge in [-0.25, -0.2) is 8.42 Å². The summed E-state index contributed by atoms with van der Waals surface area (Å²) in [4.78, 5) is 14.3. The Bertz CT molecular complexity index is 1200. The number of sulfonamides is 1. The minimum Gasteiger partial charge on any atom is -0.497 e. The highest BCUT2D eigenvalue weighted by Gasteiger charge is 2.25. The molecule has 8 nitrogen and oxygen atoms in total. The summed E-state index contributed by atoms with van der Waals surface area (Å²) >= 11 is 0. The summed E-state index contributed by atoms with van der Waals surface area (Å²) in [5.74, 6) is 0.766. The Hall–Kier alpha value is -3.46. The molecular weight excluding hydrogens is 420 g/mol. The van der Waals surface area contributed by atoms with Crippen LogP contribution in [0.5, 0.6) is 11.5 Å². The van der Waals surface area contributed by atoms with Crippen LogP contribution in [0, 0.1) is 0 Å². The number of rotatable bonds is 6. The topological polar surface area (TPSA) is 98.1 Å². The minimum atomic E-state index is -3.90. The quantitative estimate of drug-likeness (QED) is 0.629. The first-order valence-electron chi connectivity index (χ1n) is 9.60. The number of furan rings is 1. The van der Waals surface area contributed by atoms with Crippen molar-refractivity contribution in [2.24, 2.45) is 0 Å². The normalized spacial score (nSPS) is 13.4. The van der Waals surface area contributed by atoms with Crippen molar-refractivity contribution in [2.45, 2.75) is 17.9 Å². The van der Waals surface area contributed by atoms with E-state index in [-0.39, 0.29) is 22.3 Å². The number of carbonyl (C=O) groups excluding carboxylic acids is 1. The van der Waals surface area contributed by atoms with Gasteiger partial charge in [0.15, 0.2) is 5.76 Å². The molecular formula is C22H22N2O6S. The average molecular weight is 442 g/mol. The van der Waals surface area contributed by atoms with E-state index in [0.717, 1.165) is 11.1 Å². The van der Waals surface area contributed by atoms with Gasteiger partial charge in [0.25, 0.3) is 15.9 Å². The summed E-state index contributed by atoms with van der Waals surface area (Å²) in [5.41, 5.74) is 2.37. The number of hydrogen-bond donors (Lipinski definition) is 1. The number of nitrogens with one attached hydrogen (secondary N) is 1. The van der Waals surface area contributed by atoms with Gasteiger partial charge >= 0.3 is 0 Å². The second kappa shape index (κ2) is 8.35. The molecule has 9 heteroatoms. The second-order valence-electron chi connectivity index (χ2n) is 7.06. The average Bonchev–Trinajstić information content (AvgIpc) is 3.32. The van der Waals surface area contributed by atoms with Crippen molar-refractivity contribution in [1.82, 2.24) is 4.90 Å². The van der Waals surface area contributed by atoms with Gasteiger partial charge < -0.3 is 18.8 Å². The van der Waals surface area contributed by atoms with Crippen LogP contribution in [0.15, 0.2) is 64.1 Å². The van der Waals surface area contributed by atoms with E-state index in [0.29, 0.717) is 30.9 Å². The van der Waals surface area contributed by atoms with Crippen LogP contribution in [0.25, 0.3) is 0 Å². The number of amides is 1. The Morgan fingerprint density at radius 2 is 1.90 bits per heavy atom. The summed E-state index contributed by atoms with van der Waals surface area (Å²) < 4.78 is 44.1.